The Hall–Kier alpha value is -6.51. The minimum atomic E-state index is -0.544. The maximum absolute atomic E-state index is 13.6. The van der Waals surface area contributed by atoms with Crippen molar-refractivity contribution in [3.63, 3.8) is 0 Å². The number of rotatable bonds is 7. The van der Waals surface area contributed by atoms with E-state index in [4.69, 9.17) is 28.4 Å². The molecule has 5 aromatic rings. The van der Waals surface area contributed by atoms with Gasteiger partial charge in [0.1, 0.15) is 5.75 Å². The molecule has 4 heterocycles. The van der Waals surface area contributed by atoms with E-state index in [1.54, 1.807) is 34.5 Å². The fourth-order valence-electron chi connectivity index (χ4n) is 8.41. The number of amides is 2. The maximum Gasteiger partial charge on any atom is 0.323 e. The highest BCUT2D eigenvalue weighted by Gasteiger charge is 2.35. The molecular formula is C45H47N5O9. The van der Waals surface area contributed by atoms with Gasteiger partial charge in [-0.05, 0) is 116 Å². The van der Waals surface area contributed by atoms with Crippen molar-refractivity contribution in [2.24, 2.45) is 0 Å². The lowest BCUT2D eigenvalue weighted by Crippen LogP contribution is -2.34. The van der Waals surface area contributed by atoms with Crippen LogP contribution in [0, 0.1) is 10.1 Å². The van der Waals surface area contributed by atoms with E-state index in [2.05, 4.69) is 58.8 Å². The summed E-state index contributed by atoms with van der Waals surface area (Å²) in [5, 5.41) is 17.0. The summed E-state index contributed by atoms with van der Waals surface area (Å²) in [5.74, 6) is 4.21. The molecule has 2 amide bonds. The van der Waals surface area contributed by atoms with Crippen molar-refractivity contribution in [1.82, 2.24) is 9.80 Å². The van der Waals surface area contributed by atoms with Crippen LogP contribution in [0.25, 0.3) is 0 Å². The van der Waals surface area contributed by atoms with Crippen LogP contribution in [0.4, 0.5) is 21.9 Å². The number of ether oxygens (including phenoxy) is 6. The molecule has 2 atom stereocenters. The molecule has 0 unspecified atom stereocenters. The van der Waals surface area contributed by atoms with Crippen LogP contribution in [0.15, 0.2) is 78.9 Å². The summed E-state index contributed by atoms with van der Waals surface area (Å²) < 4.78 is 37.5. The molecule has 306 valence electrons. The summed E-state index contributed by atoms with van der Waals surface area (Å²) in [5.41, 5.74) is 7.02. The second-order valence-electron chi connectivity index (χ2n) is 15.0. The lowest BCUT2D eigenvalue weighted by molar-refractivity contribution is -0.384. The van der Waals surface area contributed by atoms with Crippen LogP contribution in [0.1, 0.15) is 45.5 Å². The molecule has 6 bridgehead atoms. The van der Waals surface area contributed by atoms with Gasteiger partial charge in [-0.3, -0.25) is 19.9 Å². The normalized spacial score (nSPS) is 17.3. The third-order valence-electron chi connectivity index (χ3n) is 11.6. The number of anilines is 2. The fraction of sp³-hybridized carbons (Fsp3) is 0.311. The van der Waals surface area contributed by atoms with Crippen LogP contribution in [0.2, 0.25) is 0 Å². The molecule has 9 rings (SSSR count). The third-order valence-corrected chi connectivity index (χ3v) is 11.6. The van der Waals surface area contributed by atoms with Gasteiger partial charge in [0.15, 0.2) is 34.5 Å². The summed E-state index contributed by atoms with van der Waals surface area (Å²) in [4.78, 5) is 29.0. The van der Waals surface area contributed by atoms with Gasteiger partial charge in [-0.25, -0.2) is 4.79 Å². The average Bonchev–Trinajstić information content (AvgIpc) is 3.23. The van der Waals surface area contributed by atoms with Crippen LogP contribution in [-0.2, 0) is 25.7 Å². The zero-order chi connectivity index (χ0) is 41.4. The quantitative estimate of drug-likeness (QED) is 0.120. The number of urea groups is 1. The Kier molecular flexibility index (Phi) is 10.9. The minimum Gasteiger partial charge on any atom is -0.493 e. The largest absolute Gasteiger partial charge is 0.493 e. The molecule has 0 saturated carbocycles. The molecule has 14 heteroatoms. The molecule has 59 heavy (non-hydrogen) atoms. The van der Waals surface area contributed by atoms with Crippen molar-refractivity contribution in [1.29, 1.82) is 0 Å². The number of hydrogen-bond acceptors (Lipinski definition) is 11. The minimum absolute atomic E-state index is 0.0814. The monoisotopic (exact) mass is 801 g/mol. The fourth-order valence-corrected chi connectivity index (χ4v) is 8.41. The molecule has 0 aromatic heterocycles. The number of methoxy groups -OCH3 is 4. The number of nitro benzene ring substituents is 1. The standard InChI is InChI=1S/C45H47N5O9/c1-48-17-15-27-21-37(54-3)40-24-33(27)35(48)19-26-7-13-32(14-8-26)58-39-23-29(20-36-42-28(16-18-49(36)2)22-41(56-5)43(57-6)44(42)59-40)34(25-38(39)55-4)47-45(51)46-30-9-11-31(12-10-30)50(52)53/h7-14,21-25,35-36H,15-20H2,1-6H3,(H2,46,47,51)/t35-,36-/m0/s1. The molecule has 14 nitrogen and oxygen atoms in total. The molecular weight excluding hydrogens is 755 g/mol. The van der Waals surface area contributed by atoms with Crippen LogP contribution in [-0.4, -0.2) is 76.4 Å². The van der Waals surface area contributed by atoms with Crippen molar-refractivity contribution < 1.29 is 38.1 Å². The van der Waals surface area contributed by atoms with Crippen LogP contribution in [0.5, 0.6) is 46.0 Å². The molecule has 0 saturated heterocycles. The SMILES string of the molecule is COc1cc(NC(=O)Nc2ccc([N+](=O)[O-])cc2)c2cc1Oc1ccc(cc1)C[C@H]1c3cc(c(OC)cc3CCN1C)Oc1c(OC)c(OC)cc3c1[C@H](C2)N(C)CC3. The summed E-state index contributed by atoms with van der Waals surface area (Å²) in [6.45, 7) is 1.64. The van der Waals surface area contributed by atoms with Crippen molar-refractivity contribution in [2.45, 2.75) is 37.8 Å². The van der Waals surface area contributed by atoms with Gasteiger partial charge < -0.3 is 39.1 Å². The number of non-ortho nitro benzene ring substituents is 1. The van der Waals surface area contributed by atoms with Crippen LogP contribution >= 0.6 is 0 Å². The number of carbonyl (C=O) groups is 1. The summed E-state index contributed by atoms with van der Waals surface area (Å²) in [7, 11) is 10.7. The average molecular weight is 802 g/mol. The highest BCUT2D eigenvalue weighted by Crippen LogP contribution is 2.52. The molecule has 0 aliphatic carbocycles. The van der Waals surface area contributed by atoms with Crippen molar-refractivity contribution in [3.8, 4) is 46.0 Å². The number of hydrogen-bond donors (Lipinski definition) is 2. The van der Waals surface area contributed by atoms with Gasteiger partial charge in [-0.2, -0.15) is 0 Å². The first kappa shape index (κ1) is 39.3. The number of fused-ring (bicyclic) bond motifs is 2. The van der Waals surface area contributed by atoms with Crippen LogP contribution in [0.3, 0.4) is 0 Å². The lowest BCUT2D eigenvalue weighted by atomic mass is 9.86. The highest BCUT2D eigenvalue weighted by molar-refractivity contribution is 6.00. The van der Waals surface area contributed by atoms with Gasteiger partial charge in [0, 0.05) is 60.3 Å². The molecule has 2 N–H and O–H groups in total. The van der Waals surface area contributed by atoms with E-state index in [9.17, 15) is 14.9 Å². The Balaban J connectivity index is 1.30. The second kappa shape index (κ2) is 16.4. The first-order valence-corrected chi connectivity index (χ1v) is 19.4. The molecule has 0 fully saturated rings. The molecule has 0 spiro atoms. The predicted molar refractivity (Wildman–Crippen MR) is 223 cm³/mol. The lowest BCUT2D eigenvalue weighted by Gasteiger charge is -2.37. The van der Waals surface area contributed by atoms with E-state index >= 15 is 0 Å². The maximum atomic E-state index is 13.6. The highest BCUT2D eigenvalue weighted by atomic mass is 16.6. The molecule has 5 aromatic carbocycles. The molecule has 0 radical (unpaired) electrons. The van der Waals surface area contributed by atoms with E-state index in [0.29, 0.717) is 63.8 Å². The zero-order valence-corrected chi connectivity index (χ0v) is 33.9. The first-order chi connectivity index (χ1) is 28.6. The Bertz CT molecular complexity index is 2400. The summed E-state index contributed by atoms with van der Waals surface area (Å²) in [6.07, 6.45) is 2.76. The Morgan fingerprint density at radius 3 is 2.03 bits per heavy atom. The van der Waals surface area contributed by atoms with Gasteiger partial charge in [0.25, 0.3) is 5.69 Å². The van der Waals surface area contributed by atoms with Crippen molar-refractivity contribution >= 4 is 23.1 Å². The number of nitrogens with one attached hydrogen (secondary N) is 2. The second-order valence-corrected chi connectivity index (χ2v) is 15.0. The Labute approximate surface area is 342 Å². The van der Waals surface area contributed by atoms with Crippen molar-refractivity contribution in [3.05, 3.63) is 122 Å². The number of nitrogens with zero attached hydrogens (tertiary/aromatic N) is 3. The van der Waals surface area contributed by atoms with Crippen molar-refractivity contribution in [2.75, 3.05) is 66.3 Å². The van der Waals surface area contributed by atoms with Gasteiger partial charge in [-0.1, -0.05) is 12.1 Å². The Morgan fingerprint density at radius 1 is 0.712 bits per heavy atom. The van der Waals surface area contributed by atoms with Gasteiger partial charge in [0.05, 0.1) is 33.4 Å². The Morgan fingerprint density at radius 2 is 1.36 bits per heavy atom. The number of benzene rings is 5. The van der Waals surface area contributed by atoms with E-state index in [1.807, 2.05) is 24.3 Å². The number of likely N-dealkylation sites (N-methyl/N-ethyl adjacent to an activating group) is 2. The van der Waals surface area contributed by atoms with Gasteiger partial charge >= 0.3 is 6.03 Å². The number of carbonyl (C=O) groups excluding carboxylic acids is 1. The van der Waals surface area contributed by atoms with E-state index < -0.39 is 11.0 Å². The third kappa shape index (κ3) is 7.76. The topological polar surface area (TPSA) is 146 Å². The van der Waals surface area contributed by atoms with E-state index in [0.717, 1.165) is 54.6 Å². The smallest absolute Gasteiger partial charge is 0.323 e. The van der Waals surface area contributed by atoms with E-state index in [-0.39, 0.29) is 17.8 Å². The van der Waals surface area contributed by atoms with Crippen LogP contribution < -0.4 is 39.1 Å². The zero-order valence-electron chi connectivity index (χ0n) is 33.9. The molecule has 4 aliphatic rings. The first-order valence-electron chi connectivity index (χ1n) is 19.4. The number of nitro groups is 1. The predicted octanol–water partition coefficient (Wildman–Crippen LogP) is 8.71. The van der Waals surface area contributed by atoms with Gasteiger partial charge in [-0.15, -0.1) is 0 Å². The summed E-state index contributed by atoms with van der Waals surface area (Å²) in [6, 6.07) is 22.8. The summed E-state index contributed by atoms with van der Waals surface area (Å²) >= 11 is 0. The van der Waals surface area contributed by atoms with Gasteiger partial charge in [0.2, 0.25) is 5.75 Å². The molecule has 4 aliphatic heterocycles. The van der Waals surface area contributed by atoms with E-state index in [1.165, 1.54) is 35.4 Å².